The lowest BCUT2D eigenvalue weighted by Gasteiger charge is -2.51. The molecule has 30 heavy (non-hydrogen) atoms. The molecule has 0 saturated carbocycles. The van der Waals surface area contributed by atoms with Gasteiger partial charge in [0, 0.05) is 31.9 Å². The quantitative estimate of drug-likeness (QED) is 0.298. The maximum absolute atomic E-state index is 12.7. The predicted molar refractivity (Wildman–Crippen MR) is 116 cm³/mol. The van der Waals surface area contributed by atoms with E-state index < -0.39 is 11.0 Å². The molecule has 0 atom stereocenters. The molecule has 0 unspecified atom stereocenters. The van der Waals surface area contributed by atoms with Gasteiger partial charge < -0.3 is 20.3 Å². The van der Waals surface area contributed by atoms with Gasteiger partial charge in [-0.15, -0.1) is 0 Å². The molecule has 0 aromatic carbocycles. The van der Waals surface area contributed by atoms with Crippen LogP contribution in [0.15, 0.2) is 18.3 Å². The fraction of sp³-hybridized carbons (Fsp3) is 0.545. The molecule has 0 radical (unpaired) electrons. The van der Waals surface area contributed by atoms with E-state index in [0.717, 1.165) is 24.0 Å². The van der Waals surface area contributed by atoms with Crippen LogP contribution in [0.2, 0.25) is 0 Å². The monoisotopic (exact) mass is 413 g/mol. The summed E-state index contributed by atoms with van der Waals surface area (Å²) >= 11 is 0. The van der Waals surface area contributed by atoms with Gasteiger partial charge in [0.15, 0.2) is 0 Å². The Bertz CT molecular complexity index is 866. The van der Waals surface area contributed by atoms with Crippen LogP contribution in [-0.4, -0.2) is 53.0 Å². The highest BCUT2D eigenvalue weighted by molar-refractivity contribution is 5.99. The minimum absolute atomic E-state index is 0.0686. The number of carbonyl (C=O) groups excluding carboxylic acids is 2. The lowest BCUT2D eigenvalue weighted by atomic mass is 9.72. The van der Waals surface area contributed by atoms with Crippen LogP contribution in [0.25, 0.3) is 6.08 Å². The number of hydrogen-bond acceptors (Lipinski definition) is 5. The zero-order chi connectivity index (χ0) is 21.9. The Balaban J connectivity index is 1.64. The normalized spacial score (nSPS) is 17.3. The molecule has 8 heteroatoms. The molecule has 2 amide bonds. The standard InChI is InChI=1S/C22H31N5O3/c1-5-6-9-24-17(28)8-7-15-10-16-11-22(19(29)26-18(16)25-12-15)13-27(14-22)20(23)30-21(2,3)4/h7-8,10,12,23H,5-6,9,11,13-14H2,1-4H3,(H,24,28)(H,25,26,29)/b8-7+,23-20?. The highest BCUT2D eigenvalue weighted by Gasteiger charge is 2.53. The molecule has 1 saturated heterocycles. The summed E-state index contributed by atoms with van der Waals surface area (Å²) < 4.78 is 5.61. The molecule has 3 N–H and O–H groups in total. The largest absolute Gasteiger partial charge is 0.460 e. The summed E-state index contributed by atoms with van der Waals surface area (Å²) in [5.74, 6) is 0.369. The molecular weight excluding hydrogens is 382 g/mol. The summed E-state index contributed by atoms with van der Waals surface area (Å²) in [4.78, 5) is 30.7. The molecule has 8 nitrogen and oxygen atoms in total. The number of hydrogen-bond donors (Lipinski definition) is 3. The number of rotatable bonds is 5. The second-order valence-corrected chi connectivity index (χ2v) is 9.04. The summed E-state index contributed by atoms with van der Waals surface area (Å²) in [6.07, 6.45) is 7.42. The van der Waals surface area contributed by atoms with Crippen molar-refractivity contribution in [1.29, 1.82) is 5.41 Å². The Hall–Kier alpha value is -2.90. The first kappa shape index (κ1) is 21.8. The van der Waals surface area contributed by atoms with Crippen LogP contribution in [0.1, 0.15) is 51.7 Å². The van der Waals surface area contributed by atoms with E-state index in [1.807, 2.05) is 26.8 Å². The van der Waals surface area contributed by atoms with Crippen LogP contribution < -0.4 is 10.6 Å². The highest BCUT2D eigenvalue weighted by Crippen LogP contribution is 2.40. The van der Waals surface area contributed by atoms with Gasteiger partial charge in [0.05, 0.1) is 5.41 Å². The molecule has 1 spiro atoms. The second-order valence-electron chi connectivity index (χ2n) is 9.04. The third kappa shape index (κ3) is 4.98. The molecule has 0 bridgehead atoms. The molecule has 1 aromatic rings. The number of likely N-dealkylation sites (tertiary alicyclic amines) is 1. The molecule has 2 aliphatic rings. The van der Waals surface area contributed by atoms with Gasteiger partial charge >= 0.3 is 0 Å². The molecule has 2 aliphatic heterocycles. The summed E-state index contributed by atoms with van der Waals surface area (Å²) in [6.45, 7) is 9.30. The van der Waals surface area contributed by atoms with Crippen molar-refractivity contribution < 1.29 is 14.3 Å². The van der Waals surface area contributed by atoms with Gasteiger partial charge in [-0.3, -0.25) is 15.0 Å². The van der Waals surface area contributed by atoms with Gasteiger partial charge in [0.2, 0.25) is 11.8 Å². The third-order valence-electron chi connectivity index (χ3n) is 5.16. The number of anilines is 1. The first-order valence-corrected chi connectivity index (χ1v) is 10.4. The Morgan fingerprint density at radius 1 is 1.43 bits per heavy atom. The van der Waals surface area contributed by atoms with Crippen LogP contribution >= 0.6 is 0 Å². The third-order valence-corrected chi connectivity index (χ3v) is 5.16. The topological polar surface area (TPSA) is 107 Å². The molecule has 3 rings (SSSR count). The molecule has 162 valence electrons. The highest BCUT2D eigenvalue weighted by atomic mass is 16.5. The number of pyridine rings is 1. The Labute approximate surface area is 177 Å². The number of aromatic nitrogens is 1. The van der Waals surface area contributed by atoms with Gasteiger partial charge in [-0.2, -0.15) is 0 Å². The van der Waals surface area contributed by atoms with E-state index >= 15 is 0 Å². The number of nitrogens with zero attached hydrogens (tertiary/aromatic N) is 2. The summed E-state index contributed by atoms with van der Waals surface area (Å²) in [5, 5.41) is 13.9. The van der Waals surface area contributed by atoms with E-state index in [4.69, 9.17) is 10.1 Å². The van der Waals surface area contributed by atoms with Crippen LogP contribution in [0.4, 0.5) is 5.82 Å². The minimum Gasteiger partial charge on any atom is -0.460 e. The van der Waals surface area contributed by atoms with Crippen molar-refractivity contribution in [3.8, 4) is 0 Å². The van der Waals surface area contributed by atoms with Crippen molar-refractivity contribution in [3.05, 3.63) is 29.5 Å². The number of unbranched alkanes of at least 4 members (excludes halogenated alkanes) is 1. The van der Waals surface area contributed by atoms with E-state index in [-0.39, 0.29) is 17.8 Å². The number of amidine groups is 1. The van der Waals surface area contributed by atoms with Crippen molar-refractivity contribution in [3.63, 3.8) is 0 Å². The Morgan fingerprint density at radius 3 is 2.83 bits per heavy atom. The van der Waals surface area contributed by atoms with Crippen molar-refractivity contribution in [1.82, 2.24) is 15.2 Å². The van der Waals surface area contributed by atoms with Gasteiger partial charge in [0.25, 0.3) is 6.02 Å². The van der Waals surface area contributed by atoms with Crippen LogP contribution in [0, 0.1) is 10.8 Å². The molecule has 3 heterocycles. The predicted octanol–water partition coefficient (Wildman–Crippen LogP) is 2.56. The first-order valence-electron chi connectivity index (χ1n) is 10.4. The van der Waals surface area contributed by atoms with E-state index in [1.165, 1.54) is 6.08 Å². The maximum atomic E-state index is 12.7. The average molecular weight is 414 g/mol. The number of carbonyl (C=O) groups is 2. The average Bonchev–Trinajstić information content (AvgIpc) is 2.62. The SMILES string of the molecule is CCCCNC(=O)/C=C/c1cnc2c(c1)CC1(CN(C(=N)OC(C)(C)C)C1)C(=O)N2. The number of fused-ring (bicyclic) bond motifs is 1. The second kappa shape index (κ2) is 8.45. The number of amides is 2. The minimum atomic E-state index is -0.581. The zero-order valence-corrected chi connectivity index (χ0v) is 18.2. The van der Waals surface area contributed by atoms with Crippen LogP contribution in [0.3, 0.4) is 0 Å². The number of nitrogens with one attached hydrogen (secondary N) is 3. The fourth-order valence-electron chi connectivity index (χ4n) is 3.61. The smallest absolute Gasteiger partial charge is 0.284 e. The fourth-order valence-corrected chi connectivity index (χ4v) is 3.61. The molecule has 1 aromatic heterocycles. The Morgan fingerprint density at radius 2 is 2.17 bits per heavy atom. The summed E-state index contributed by atoms with van der Waals surface area (Å²) in [5.41, 5.74) is 0.717. The van der Waals surface area contributed by atoms with Gasteiger partial charge in [-0.05, 0) is 56.9 Å². The van der Waals surface area contributed by atoms with Crippen molar-refractivity contribution >= 4 is 29.7 Å². The Kier molecular flexibility index (Phi) is 6.14. The van der Waals surface area contributed by atoms with E-state index in [2.05, 4.69) is 22.5 Å². The lowest BCUT2D eigenvalue weighted by Crippen LogP contribution is -2.66. The van der Waals surface area contributed by atoms with Gasteiger partial charge in [-0.25, -0.2) is 4.98 Å². The van der Waals surface area contributed by atoms with Crippen molar-refractivity contribution in [2.24, 2.45) is 5.41 Å². The first-order chi connectivity index (χ1) is 14.1. The van der Waals surface area contributed by atoms with Crippen LogP contribution in [-0.2, 0) is 20.7 Å². The lowest BCUT2D eigenvalue weighted by molar-refractivity contribution is -0.134. The van der Waals surface area contributed by atoms with E-state index in [0.29, 0.717) is 31.9 Å². The summed E-state index contributed by atoms with van der Waals surface area (Å²) in [7, 11) is 0. The number of ether oxygens (including phenoxy) is 1. The zero-order valence-electron chi connectivity index (χ0n) is 18.2. The van der Waals surface area contributed by atoms with E-state index in [9.17, 15) is 9.59 Å². The van der Waals surface area contributed by atoms with Gasteiger partial charge in [-0.1, -0.05) is 13.3 Å². The maximum Gasteiger partial charge on any atom is 0.284 e. The van der Waals surface area contributed by atoms with Crippen molar-refractivity contribution in [2.45, 2.75) is 52.6 Å². The summed E-state index contributed by atoms with van der Waals surface area (Å²) in [6, 6.07) is 2.05. The molecular formula is C22H31N5O3. The van der Waals surface area contributed by atoms with Crippen molar-refractivity contribution in [2.75, 3.05) is 25.0 Å². The van der Waals surface area contributed by atoms with Gasteiger partial charge in [0.1, 0.15) is 11.4 Å². The van der Waals surface area contributed by atoms with E-state index in [1.54, 1.807) is 17.2 Å². The molecule has 1 fully saturated rings. The van der Waals surface area contributed by atoms with Crippen LogP contribution in [0.5, 0.6) is 0 Å². The molecule has 0 aliphatic carbocycles.